The molecule has 0 spiro atoms. The van der Waals surface area contributed by atoms with Crippen LogP contribution in [0.2, 0.25) is 0 Å². The minimum atomic E-state index is -0.664. The van der Waals surface area contributed by atoms with E-state index in [9.17, 15) is 14.7 Å². The fraction of sp³-hybridized carbons (Fsp3) is 0.643. The summed E-state index contributed by atoms with van der Waals surface area (Å²) in [6.07, 6.45) is 1.88. The van der Waals surface area contributed by atoms with Crippen LogP contribution in [0.4, 0.5) is 0 Å². The van der Waals surface area contributed by atoms with E-state index >= 15 is 0 Å². The van der Waals surface area contributed by atoms with Crippen LogP contribution in [-0.4, -0.2) is 46.2 Å². The molecule has 1 aliphatic heterocycles. The first kappa shape index (κ1) is 15.7. The lowest BCUT2D eigenvalue weighted by Crippen LogP contribution is -2.54. The molecule has 0 radical (unpaired) electrons. The number of aliphatic hydroxyl groups excluding tert-OH is 1. The van der Waals surface area contributed by atoms with Crippen molar-refractivity contribution in [2.24, 2.45) is 0 Å². The molecule has 2 heterocycles. The Labute approximate surface area is 122 Å². The van der Waals surface area contributed by atoms with Crippen molar-refractivity contribution in [1.82, 2.24) is 15.1 Å². The third kappa shape index (κ3) is 3.68. The van der Waals surface area contributed by atoms with Gasteiger partial charge in [0.05, 0.1) is 12.1 Å². The summed E-state index contributed by atoms with van der Waals surface area (Å²) in [5.74, 6) is -0.379. The number of amides is 1. The molecular weight excluding hydrogens is 274 g/mol. The summed E-state index contributed by atoms with van der Waals surface area (Å²) in [6.45, 7) is 3.27. The Hall–Kier alpha value is -1.73. The first-order chi connectivity index (χ1) is 10.1. The molecule has 1 fully saturated rings. The molecule has 0 saturated carbocycles. The first-order valence-corrected chi connectivity index (χ1v) is 7.19. The Morgan fingerprint density at radius 1 is 1.48 bits per heavy atom. The van der Waals surface area contributed by atoms with Crippen LogP contribution in [0.5, 0.6) is 0 Å². The van der Waals surface area contributed by atoms with Crippen LogP contribution in [0.3, 0.4) is 0 Å². The van der Waals surface area contributed by atoms with Crippen molar-refractivity contribution in [2.75, 3.05) is 19.8 Å². The van der Waals surface area contributed by atoms with E-state index in [0.29, 0.717) is 32.6 Å². The lowest BCUT2D eigenvalue weighted by Gasteiger charge is -2.36. The monoisotopic (exact) mass is 295 g/mol. The maximum atomic E-state index is 12.3. The third-order valence-corrected chi connectivity index (χ3v) is 3.67. The molecule has 7 heteroatoms. The molecule has 0 unspecified atom stereocenters. The van der Waals surface area contributed by atoms with E-state index in [0.717, 1.165) is 6.42 Å². The maximum absolute atomic E-state index is 12.3. The number of hydrogen-bond donors (Lipinski definition) is 2. The van der Waals surface area contributed by atoms with Gasteiger partial charge in [-0.15, -0.1) is 0 Å². The van der Waals surface area contributed by atoms with E-state index in [-0.39, 0.29) is 23.8 Å². The molecule has 1 aromatic rings. The van der Waals surface area contributed by atoms with Gasteiger partial charge in [0, 0.05) is 25.8 Å². The van der Waals surface area contributed by atoms with E-state index in [2.05, 4.69) is 10.4 Å². The molecule has 0 bridgehead atoms. The van der Waals surface area contributed by atoms with Crippen LogP contribution >= 0.6 is 0 Å². The number of ether oxygens (including phenoxy) is 1. The van der Waals surface area contributed by atoms with Crippen molar-refractivity contribution in [3.63, 3.8) is 0 Å². The minimum absolute atomic E-state index is 0.142. The second-order valence-corrected chi connectivity index (χ2v) is 5.28. The van der Waals surface area contributed by atoms with Crippen molar-refractivity contribution in [1.29, 1.82) is 0 Å². The highest BCUT2D eigenvalue weighted by Crippen LogP contribution is 2.20. The van der Waals surface area contributed by atoms with E-state index in [1.54, 1.807) is 0 Å². The molecule has 1 aliphatic rings. The fourth-order valence-corrected chi connectivity index (χ4v) is 2.33. The molecule has 1 amide bonds. The van der Waals surface area contributed by atoms with Crippen molar-refractivity contribution < 1.29 is 14.6 Å². The summed E-state index contributed by atoms with van der Waals surface area (Å²) in [5.41, 5.74) is -0.707. The van der Waals surface area contributed by atoms with Gasteiger partial charge in [0.2, 0.25) is 0 Å². The highest BCUT2D eigenvalue weighted by molar-refractivity contribution is 5.92. The normalized spacial score (nSPS) is 17.4. The van der Waals surface area contributed by atoms with Crippen LogP contribution in [0.15, 0.2) is 16.9 Å². The van der Waals surface area contributed by atoms with Crippen LogP contribution in [-0.2, 0) is 11.3 Å². The number of aliphatic hydroxyl groups is 1. The minimum Gasteiger partial charge on any atom is -0.394 e. The van der Waals surface area contributed by atoms with Crippen molar-refractivity contribution in [3.05, 3.63) is 28.2 Å². The highest BCUT2D eigenvalue weighted by Gasteiger charge is 2.34. The number of aryl methyl sites for hydroxylation is 1. The summed E-state index contributed by atoms with van der Waals surface area (Å²) in [5, 5.41) is 16.5. The number of nitrogens with one attached hydrogen (secondary N) is 1. The quantitative estimate of drug-likeness (QED) is 0.793. The lowest BCUT2D eigenvalue weighted by atomic mass is 9.91. The van der Waals surface area contributed by atoms with E-state index in [1.165, 1.54) is 16.8 Å². The Morgan fingerprint density at radius 3 is 2.81 bits per heavy atom. The molecule has 1 aromatic heterocycles. The van der Waals surface area contributed by atoms with Gasteiger partial charge in [-0.2, -0.15) is 5.10 Å². The zero-order valence-corrected chi connectivity index (χ0v) is 12.2. The van der Waals surface area contributed by atoms with Gasteiger partial charge in [0.1, 0.15) is 5.69 Å². The van der Waals surface area contributed by atoms with Gasteiger partial charge >= 0.3 is 0 Å². The average molecular weight is 295 g/mol. The largest absolute Gasteiger partial charge is 0.394 e. The smallest absolute Gasteiger partial charge is 0.272 e. The van der Waals surface area contributed by atoms with Crippen LogP contribution in [0, 0.1) is 0 Å². The number of hydrogen-bond acceptors (Lipinski definition) is 5. The van der Waals surface area contributed by atoms with Gasteiger partial charge in [-0.05, 0) is 25.3 Å². The molecular formula is C14H21N3O4. The van der Waals surface area contributed by atoms with Gasteiger partial charge in [-0.1, -0.05) is 6.92 Å². The SMILES string of the molecule is CCCn1nc(C(=O)NC2(CO)CCOCC2)ccc1=O. The standard InChI is InChI=1S/C14H21N3O4/c1-2-7-17-12(19)4-3-11(16-17)13(20)15-14(10-18)5-8-21-9-6-14/h3-4,18H,2,5-10H2,1H3,(H,15,20). The first-order valence-electron chi connectivity index (χ1n) is 7.19. The molecule has 0 atom stereocenters. The zero-order valence-electron chi connectivity index (χ0n) is 12.2. The van der Waals surface area contributed by atoms with Gasteiger partial charge in [-0.3, -0.25) is 9.59 Å². The number of rotatable bonds is 5. The molecule has 2 rings (SSSR count). The Bertz CT molecular complexity index is 549. The summed E-state index contributed by atoms with van der Waals surface area (Å²) in [4.78, 5) is 23.9. The number of carbonyl (C=O) groups excluding carboxylic acids is 1. The van der Waals surface area contributed by atoms with E-state index in [4.69, 9.17) is 4.74 Å². The van der Waals surface area contributed by atoms with Crippen LogP contribution < -0.4 is 10.9 Å². The number of aromatic nitrogens is 2. The maximum Gasteiger partial charge on any atom is 0.272 e. The van der Waals surface area contributed by atoms with Gasteiger partial charge in [0.25, 0.3) is 11.5 Å². The Balaban J connectivity index is 2.15. The van der Waals surface area contributed by atoms with Gasteiger partial charge in [-0.25, -0.2) is 4.68 Å². The number of nitrogens with zero attached hydrogens (tertiary/aromatic N) is 2. The molecule has 116 valence electrons. The van der Waals surface area contributed by atoms with E-state index < -0.39 is 5.54 Å². The van der Waals surface area contributed by atoms with Gasteiger partial charge in [0.15, 0.2) is 0 Å². The van der Waals surface area contributed by atoms with Crippen molar-refractivity contribution in [2.45, 2.75) is 38.3 Å². The molecule has 2 N–H and O–H groups in total. The topological polar surface area (TPSA) is 93.5 Å². The van der Waals surface area contributed by atoms with Crippen LogP contribution in [0.25, 0.3) is 0 Å². The third-order valence-electron chi connectivity index (χ3n) is 3.67. The molecule has 0 aliphatic carbocycles. The fourth-order valence-electron chi connectivity index (χ4n) is 2.33. The predicted molar refractivity (Wildman–Crippen MR) is 76.1 cm³/mol. The van der Waals surface area contributed by atoms with E-state index in [1.807, 2.05) is 6.92 Å². The summed E-state index contributed by atoms with van der Waals surface area (Å²) in [7, 11) is 0. The lowest BCUT2D eigenvalue weighted by molar-refractivity contribution is 0.0124. The molecule has 0 aromatic carbocycles. The highest BCUT2D eigenvalue weighted by atomic mass is 16.5. The Morgan fingerprint density at radius 2 is 2.19 bits per heavy atom. The number of carbonyl (C=O) groups is 1. The second-order valence-electron chi connectivity index (χ2n) is 5.28. The van der Waals surface area contributed by atoms with Gasteiger partial charge < -0.3 is 15.2 Å². The summed E-state index contributed by atoms with van der Waals surface area (Å²) in [6, 6.07) is 2.75. The zero-order chi connectivity index (χ0) is 15.3. The molecule has 7 nitrogen and oxygen atoms in total. The molecule has 21 heavy (non-hydrogen) atoms. The summed E-state index contributed by atoms with van der Waals surface area (Å²) >= 11 is 0. The van der Waals surface area contributed by atoms with Crippen molar-refractivity contribution >= 4 is 5.91 Å². The summed E-state index contributed by atoms with van der Waals surface area (Å²) < 4.78 is 6.54. The predicted octanol–water partition coefficient (Wildman–Crippen LogP) is -0.0754. The van der Waals surface area contributed by atoms with Crippen LogP contribution in [0.1, 0.15) is 36.7 Å². The second kappa shape index (κ2) is 6.82. The average Bonchev–Trinajstić information content (AvgIpc) is 2.50. The van der Waals surface area contributed by atoms with Crippen molar-refractivity contribution in [3.8, 4) is 0 Å². The Kier molecular flexibility index (Phi) is 5.08. The molecule has 1 saturated heterocycles.